The molecule has 0 amide bonds. The molecule has 7 heteroatoms. The third kappa shape index (κ3) is 4.45. The van der Waals surface area contributed by atoms with Crippen LogP contribution in [0.25, 0.3) is 0 Å². The number of benzene rings is 2. The summed E-state index contributed by atoms with van der Waals surface area (Å²) in [6, 6.07) is 11.7. The fourth-order valence-corrected chi connectivity index (χ4v) is 3.75. The molecule has 6 nitrogen and oxygen atoms in total. The van der Waals surface area contributed by atoms with Gasteiger partial charge in [-0.3, -0.25) is 0 Å². The zero-order valence-corrected chi connectivity index (χ0v) is 14.7. The summed E-state index contributed by atoms with van der Waals surface area (Å²) in [5.41, 5.74) is 0.293. The topological polar surface area (TPSA) is 86.7 Å². The fourth-order valence-electron chi connectivity index (χ4n) is 2.22. The number of ether oxygens (including phenoxy) is 2. The summed E-state index contributed by atoms with van der Waals surface area (Å²) in [6.07, 6.45) is 0.445. The average molecular weight is 362 g/mol. The van der Waals surface area contributed by atoms with Gasteiger partial charge in [0.1, 0.15) is 5.75 Å². The highest BCUT2D eigenvalue weighted by molar-refractivity contribution is 7.91. The largest absolute Gasteiger partial charge is 0.465 e. The Balaban J connectivity index is 2.26. The van der Waals surface area contributed by atoms with Crippen LogP contribution >= 0.6 is 0 Å². The fraction of sp³-hybridized carbons (Fsp3) is 0.222. The molecular formula is C18H18O6S. The number of carbonyl (C=O) groups excluding carboxylic acids is 2. The minimum atomic E-state index is -3.56. The van der Waals surface area contributed by atoms with Gasteiger partial charge in [0.2, 0.25) is 0 Å². The Hall–Kier alpha value is -2.67. The molecule has 2 aromatic rings. The van der Waals surface area contributed by atoms with Crippen molar-refractivity contribution < 1.29 is 27.5 Å². The summed E-state index contributed by atoms with van der Waals surface area (Å²) in [5, 5.41) is 0. The second-order valence-electron chi connectivity index (χ2n) is 5.22. The minimum absolute atomic E-state index is 0.0204. The van der Waals surface area contributed by atoms with Gasteiger partial charge in [-0.25, -0.2) is 18.0 Å². The van der Waals surface area contributed by atoms with Gasteiger partial charge in [-0.2, -0.15) is 0 Å². The van der Waals surface area contributed by atoms with E-state index >= 15 is 0 Å². The molecule has 0 aromatic heterocycles. The maximum atomic E-state index is 12.4. The summed E-state index contributed by atoms with van der Waals surface area (Å²) in [4.78, 5) is 23.7. The van der Waals surface area contributed by atoms with Crippen LogP contribution in [0.15, 0.2) is 53.4 Å². The highest BCUT2D eigenvalue weighted by atomic mass is 32.2. The van der Waals surface area contributed by atoms with Gasteiger partial charge in [-0.1, -0.05) is 19.1 Å². The number of methoxy groups -OCH3 is 1. The van der Waals surface area contributed by atoms with Gasteiger partial charge in [0.15, 0.2) is 9.84 Å². The molecule has 0 fully saturated rings. The monoisotopic (exact) mass is 362 g/mol. The van der Waals surface area contributed by atoms with Crippen molar-refractivity contribution in [1.29, 1.82) is 0 Å². The Morgan fingerprint density at radius 1 is 0.960 bits per heavy atom. The van der Waals surface area contributed by atoms with E-state index in [2.05, 4.69) is 4.74 Å². The molecule has 0 saturated carbocycles. The van der Waals surface area contributed by atoms with E-state index in [0.717, 1.165) is 0 Å². The van der Waals surface area contributed by atoms with E-state index in [9.17, 15) is 18.0 Å². The van der Waals surface area contributed by atoms with Gasteiger partial charge in [0.25, 0.3) is 0 Å². The zero-order chi connectivity index (χ0) is 18.4. The summed E-state index contributed by atoms with van der Waals surface area (Å²) in [6.45, 7) is 1.75. The van der Waals surface area contributed by atoms with Gasteiger partial charge in [0.05, 0.1) is 28.9 Å². The lowest BCUT2D eigenvalue weighted by Crippen LogP contribution is -2.16. The maximum Gasteiger partial charge on any atom is 0.344 e. The van der Waals surface area contributed by atoms with Crippen molar-refractivity contribution in [3.8, 4) is 5.75 Å². The zero-order valence-electron chi connectivity index (χ0n) is 13.9. The number of sulfone groups is 1. The Labute approximate surface area is 146 Å². The molecule has 0 atom stereocenters. The maximum absolute atomic E-state index is 12.4. The molecule has 0 bridgehead atoms. The normalized spacial score (nSPS) is 11.0. The predicted octanol–water partition coefficient (Wildman–Crippen LogP) is 2.88. The summed E-state index contributed by atoms with van der Waals surface area (Å²) in [5.74, 6) is -1.14. The SMILES string of the molecule is CCCS(=O)(=O)c1ccccc1C(=O)Oc1ccc(C(=O)OC)cc1. The number of hydrogen-bond donors (Lipinski definition) is 0. The van der Waals surface area contributed by atoms with Crippen LogP contribution in [-0.4, -0.2) is 33.2 Å². The van der Waals surface area contributed by atoms with Gasteiger partial charge in [0, 0.05) is 0 Å². The number of esters is 2. The van der Waals surface area contributed by atoms with E-state index in [-0.39, 0.29) is 22.0 Å². The molecule has 0 aliphatic heterocycles. The smallest absolute Gasteiger partial charge is 0.344 e. The molecule has 132 valence electrons. The second kappa shape index (κ2) is 7.94. The van der Waals surface area contributed by atoms with Crippen molar-refractivity contribution in [3.63, 3.8) is 0 Å². The van der Waals surface area contributed by atoms with E-state index in [0.29, 0.717) is 12.0 Å². The van der Waals surface area contributed by atoms with E-state index < -0.39 is 21.8 Å². The van der Waals surface area contributed by atoms with Crippen molar-refractivity contribution in [2.24, 2.45) is 0 Å². The van der Waals surface area contributed by atoms with Crippen LogP contribution in [-0.2, 0) is 14.6 Å². The molecule has 0 radical (unpaired) electrons. The first-order valence-electron chi connectivity index (χ1n) is 7.61. The van der Waals surface area contributed by atoms with E-state index in [1.165, 1.54) is 43.5 Å². The van der Waals surface area contributed by atoms with Gasteiger partial charge in [-0.15, -0.1) is 0 Å². The molecule has 0 N–H and O–H groups in total. The van der Waals surface area contributed by atoms with Crippen molar-refractivity contribution in [3.05, 3.63) is 59.7 Å². The molecule has 0 spiro atoms. The molecule has 25 heavy (non-hydrogen) atoms. The highest BCUT2D eigenvalue weighted by Gasteiger charge is 2.22. The third-order valence-electron chi connectivity index (χ3n) is 3.40. The molecular weight excluding hydrogens is 344 g/mol. The van der Waals surface area contributed by atoms with E-state index in [1.54, 1.807) is 19.1 Å². The van der Waals surface area contributed by atoms with Gasteiger partial charge >= 0.3 is 11.9 Å². The van der Waals surface area contributed by atoms with Crippen molar-refractivity contribution >= 4 is 21.8 Å². The highest BCUT2D eigenvalue weighted by Crippen LogP contribution is 2.21. The number of carbonyl (C=O) groups is 2. The molecule has 2 aromatic carbocycles. The van der Waals surface area contributed by atoms with Gasteiger partial charge in [-0.05, 0) is 42.8 Å². The van der Waals surface area contributed by atoms with Gasteiger partial charge < -0.3 is 9.47 Å². The van der Waals surface area contributed by atoms with Crippen LogP contribution in [0.5, 0.6) is 5.75 Å². The first-order valence-corrected chi connectivity index (χ1v) is 9.26. The third-order valence-corrected chi connectivity index (χ3v) is 5.37. The molecule has 0 aliphatic carbocycles. The first kappa shape index (κ1) is 18.7. The number of rotatable bonds is 6. The Bertz CT molecular complexity index is 869. The van der Waals surface area contributed by atoms with Crippen LogP contribution in [0.4, 0.5) is 0 Å². The quantitative estimate of drug-likeness (QED) is 0.580. The molecule has 0 heterocycles. The standard InChI is InChI=1S/C18H18O6S/c1-3-12-25(21,22)16-7-5-4-6-15(16)18(20)24-14-10-8-13(9-11-14)17(19)23-2/h4-11H,3,12H2,1-2H3. The van der Waals surface area contributed by atoms with Crippen molar-refractivity contribution in [2.45, 2.75) is 18.2 Å². The second-order valence-corrected chi connectivity index (χ2v) is 7.30. The first-order chi connectivity index (χ1) is 11.9. The number of hydrogen-bond acceptors (Lipinski definition) is 6. The van der Waals surface area contributed by atoms with Crippen LogP contribution in [0, 0.1) is 0 Å². The summed E-state index contributed by atoms with van der Waals surface area (Å²) < 4.78 is 34.4. The lowest BCUT2D eigenvalue weighted by Gasteiger charge is -2.10. The van der Waals surface area contributed by atoms with Crippen LogP contribution in [0.3, 0.4) is 0 Å². The summed E-state index contributed by atoms with van der Waals surface area (Å²) >= 11 is 0. The van der Waals surface area contributed by atoms with Crippen LogP contribution < -0.4 is 4.74 Å². The van der Waals surface area contributed by atoms with E-state index in [1.807, 2.05) is 0 Å². The van der Waals surface area contributed by atoms with Crippen molar-refractivity contribution in [1.82, 2.24) is 0 Å². The van der Waals surface area contributed by atoms with Crippen molar-refractivity contribution in [2.75, 3.05) is 12.9 Å². The Kier molecular flexibility index (Phi) is 5.93. The molecule has 0 saturated heterocycles. The molecule has 2 rings (SSSR count). The lowest BCUT2D eigenvalue weighted by molar-refractivity contribution is 0.0600. The Morgan fingerprint density at radius 3 is 2.20 bits per heavy atom. The molecule has 0 unspecified atom stereocenters. The average Bonchev–Trinajstić information content (AvgIpc) is 2.61. The van der Waals surface area contributed by atoms with Crippen LogP contribution in [0.2, 0.25) is 0 Å². The lowest BCUT2D eigenvalue weighted by atomic mass is 10.2. The minimum Gasteiger partial charge on any atom is -0.465 e. The molecule has 0 aliphatic rings. The summed E-state index contributed by atoms with van der Waals surface area (Å²) in [7, 11) is -2.29. The Morgan fingerprint density at radius 2 is 1.60 bits per heavy atom. The van der Waals surface area contributed by atoms with Crippen LogP contribution in [0.1, 0.15) is 34.1 Å². The predicted molar refractivity (Wildman–Crippen MR) is 91.5 cm³/mol. The van der Waals surface area contributed by atoms with E-state index in [4.69, 9.17) is 4.74 Å².